The summed E-state index contributed by atoms with van der Waals surface area (Å²) in [6, 6.07) is 12.1. The lowest BCUT2D eigenvalue weighted by Crippen LogP contribution is -2.34. The lowest BCUT2D eigenvalue weighted by molar-refractivity contribution is 0.212. The number of amides is 2. The van der Waals surface area contributed by atoms with Gasteiger partial charge in [-0.1, -0.05) is 6.07 Å². The third-order valence-electron chi connectivity index (χ3n) is 4.06. The normalized spacial score (nSPS) is 10.7. The zero-order valence-corrected chi connectivity index (χ0v) is 14.2. The topological polar surface area (TPSA) is 57.4 Å². The summed E-state index contributed by atoms with van der Waals surface area (Å²) < 4.78 is 18.4. The molecular weight excluding hydrogens is 321 g/mol. The molecule has 0 unspecified atom stereocenters. The number of methoxy groups -OCH3 is 1. The average molecular weight is 341 g/mol. The third-order valence-corrected chi connectivity index (χ3v) is 4.06. The molecule has 25 heavy (non-hydrogen) atoms. The maximum atomic E-state index is 13.5. The minimum absolute atomic E-state index is 0.0961. The fourth-order valence-electron chi connectivity index (χ4n) is 2.69. The largest absolute Gasteiger partial charge is 0.494 e. The number of hydrogen-bond donors (Lipinski definition) is 2. The zero-order chi connectivity index (χ0) is 17.8. The molecule has 0 saturated carbocycles. The lowest BCUT2D eigenvalue weighted by Gasteiger charge is -2.22. The van der Waals surface area contributed by atoms with Crippen LogP contribution in [0.3, 0.4) is 0 Å². The van der Waals surface area contributed by atoms with Crippen molar-refractivity contribution in [2.24, 2.45) is 0 Å². The number of halogens is 1. The summed E-state index contributed by atoms with van der Waals surface area (Å²) in [4.78, 5) is 17.4. The van der Waals surface area contributed by atoms with Crippen LogP contribution in [0.5, 0.6) is 5.75 Å². The number of urea groups is 1. The first-order chi connectivity index (χ1) is 12.1. The van der Waals surface area contributed by atoms with Crippen LogP contribution in [0.1, 0.15) is 12.5 Å². The van der Waals surface area contributed by atoms with E-state index in [9.17, 15) is 9.18 Å². The number of rotatable bonds is 5. The summed E-state index contributed by atoms with van der Waals surface area (Å²) in [7, 11) is 1.39. The maximum Gasteiger partial charge on any atom is 0.322 e. The van der Waals surface area contributed by atoms with Crippen molar-refractivity contribution in [2.75, 3.05) is 19.0 Å². The van der Waals surface area contributed by atoms with Crippen molar-refractivity contribution in [3.8, 4) is 5.75 Å². The molecule has 130 valence electrons. The minimum Gasteiger partial charge on any atom is -0.494 e. The quantitative estimate of drug-likeness (QED) is 0.724. The van der Waals surface area contributed by atoms with Gasteiger partial charge in [-0.25, -0.2) is 9.18 Å². The molecule has 3 rings (SSSR count). The number of ether oxygens (including phenoxy) is 1. The van der Waals surface area contributed by atoms with E-state index in [4.69, 9.17) is 4.74 Å². The Labute approximate surface area is 145 Å². The summed E-state index contributed by atoms with van der Waals surface area (Å²) >= 11 is 0. The molecule has 0 fully saturated rings. The van der Waals surface area contributed by atoms with E-state index in [2.05, 4.69) is 16.4 Å². The number of carbonyl (C=O) groups is 1. The Hall–Kier alpha value is -3.02. The molecule has 6 heteroatoms. The first-order valence-corrected chi connectivity index (χ1v) is 8.06. The van der Waals surface area contributed by atoms with Crippen molar-refractivity contribution >= 4 is 22.6 Å². The maximum absolute atomic E-state index is 13.5. The summed E-state index contributed by atoms with van der Waals surface area (Å²) in [5.41, 5.74) is 2.60. The van der Waals surface area contributed by atoms with Crippen LogP contribution in [0.4, 0.5) is 14.9 Å². The van der Waals surface area contributed by atoms with Crippen molar-refractivity contribution < 1.29 is 13.9 Å². The number of fused-ring (bicyclic) bond motifs is 1. The van der Waals surface area contributed by atoms with E-state index < -0.39 is 5.82 Å². The fraction of sp³-hybridized carbons (Fsp3) is 0.211. The van der Waals surface area contributed by atoms with Gasteiger partial charge in [0, 0.05) is 36.6 Å². The van der Waals surface area contributed by atoms with Crippen molar-refractivity contribution in [3.05, 3.63) is 60.0 Å². The molecule has 2 aromatic carbocycles. The van der Waals surface area contributed by atoms with Gasteiger partial charge in [0.15, 0.2) is 11.6 Å². The molecule has 0 aliphatic carbocycles. The molecule has 0 bridgehead atoms. The second kappa shape index (κ2) is 7.25. The highest BCUT2D eigenvalue weighted by Gasteiger charge is 2.14. The van der Waals surface area contributed by atoms with Crippen LogP contribution in [0, 0.1) is 5.82 Å². The van der Waals surface area contributed by atoms with Crippen LogP contribution in [0.2, 0.25) is 0 Å². The number of hydrogen-bond acceptors (Lipinski definition) is 2. The molecule has 2 N–H and O–H groups in total. The van der Waals surface area contributed by atoms with Gasteiger partial charge in [-0.05, 0) is 48.2 Å². The third kappa shape index (κ3) is 3.74. The molecule has 0 spiro atoms. The number of aromatic nitrogens is 1. The van der Waals surface area contributed by atoms with E-state index in [0.29, 0.717) is 18.8 Å². The fourth-order valence-corrected chi connectivity index (χ4v) is 2.69. The van der Waals surface area contributed by atoms with Crippen LogP contribution < -0.4 is 10.1 Å². The predicted octanol–water partition coefficient (Wildman–Crippen LogP) is 4.37. The summed E-state index contributed by atoms with van der Waals surface area (Å²) in [6.07, 6.45) is 1.89. The Kier molecular flexibility index (Phi) is 4.88. The predicted molar refractivity (Wildman–Crippen MR) is 96.4 cm³/mol. The minimum atomic E-state index is -0.465. The van der Waals surface area contributed by atoms with Gasteiger partial charge in [-0.15, -0.1) is 0 Å². The number of aromatic amines is 1. The first kappa shape index (κ1) is 16.8. The molecule has 0 aliphatic heterocycles. The Balaban J connectivity index is 1.72. The molecule has 1 heterocycles. The van der Waals surface area contributed by atoms with Crippen molar-refractivity contribution in [1.29, 1.82) is 0 Å². The standard InChI is InChI=1S/C19H20FN3O2/c1-3-23(12-13-4-7-17-14(10-13)8-9-21-17)19(24)22-15-5-6-16(20)18(11-15)25-2/h4-11,21H,3,12H2,1-2H3,(H,22,24). The Morgan fingerprint density at radius 3 is 2.84 bits per heavy atom. The van der Waals surface area contributed by atoms with E-state index in [1.165, 1.54) is 25.3 Å². The molecule has 5 nitrogen and oxygen atoms in total. The van der Waals surface area contributed by atoms with Crippen molar-refractivity contribution in [3.63, 3.8) is 0 Å². The second-order valence-corrected chi connectivity index (χ2v) is 5.69. The first-order valence-electron chi connectivity index (χ1n) is 8.06. The van der Waals surface area contributed by atoms with Gasteiger partial charge in [-0.2, -0.15) is 0 Å². The van der Waals surface area contributed by atoms with Gasteiger partial charge in [-0.3, -0.25) is 0 Å². The Morgan fingerprint density at radius 2 is 2.08 bits per heavy atom. The van der Waals surface area contributed by atoms with Gasteiger partial charge >= 0.3 is 6.03 Å². The Morgan fingerprint density at radius 1 is 1.24 bits per heavy atom. The number of anilines is 1. The lowest BCUT2D eigenvalue weighted by atomic mass is 10.1. The summed E-state index contributed by atoms with van der Waals surface area (Å²) in [5, 5.41) is 3.89. The van der Waals surface area contributed by atoms with Crippen molar-refractivity contribution in [2.45, 2.75) is 13.5 Å². The zero-order valence-electron chi connectivity index (χ0n) is 14.2. The van der Waals surface area contributed by atoms with Crippen LogP contribution in [0.25, 0.3) is 10.9 Å². The number of H-pyrrole nitrogens is 1. The van der Waals surface area contributed by atoms with Gasteiger partial charge in [0.05, 0.1) is 7.11 Å². The van der Waals surface area contributed by atoms with Gasteiger partial charge < -0.3 is 19.9 Å². The van der Waals surface area contributed by atoms with Crippen LogP contribution >= 0.6 is 0 Å². The smallest absolute Gasteiger partial charge is 0.322 e. The van der Waals surface area contributed by atoms with Crippen LogP contribution in [0.15, 0.2) is 48.7 Å². The van der Waals surface area contributed by atoms with E-state index >= 15 is 0 Å². The highest BCUT2D eigenvalue weighted by atomic mass is 19.1. The highest BCUT2D eigenvalue weighted by Crippen LogP contribution is 2.22. The van der Waals surface area contributed by atoms with Gasteiger partial charge in [0.25, 0.3) is 0 Å². The average Bonchev–Trinajstić information content (AvgIpc) is 3.08. The molecule has 3 aromatic rings. The van der Waals surface area contributed by atoms with Gasteiger partial charge in [0.2, 0.25) is 0 Å². The van der Waals surface area contributed by atoms with E-state index in [0.717, 1.165) is 16.5 Å². The van der Waals surface area contributed by atoms with Crippen molar-refractivity contribution in [1.82, 2.24) is 9.88 Å². The molecule has 0 saturated heterocycles. The number of nitrogens with zero attached hydrogens (tertiary/aromatic N) is 1. The number of nitrogens with one attached hydrogen (secondary N) is 2. The highest BCUT2D eigenvalue weighted by molar-refractivity contribution is 5.89. The molecule has 1 aromatic heterocycles. The molecule has 0 radical (unpaired) electrons. The summed E-state index contributed by atoms with van der Waals surface area (Å²) in [5.74, 6) is -0.369. The SMILES string of the molecule is CCN(Cc1ccc2[nH]ccc2c1)C(=O)Nc1ccc(F)c(OC)c1. The molecule has 0 atom stereocenters. The number of carbonyl (C=O) groups excluding carboxylic acids is 1. The van der Waals surface area contributed by atoms with Crippen LogP contribution in [-0.4, -0.2) is 29.6 Å². The van der Waals surface area contributed by atoms with Crippen LogP contribution in [-0.2, 0) is 6.54 Å². The Bertz CT molecular complexity index is 891. The molecular formula is C19H20FN3O2. The van der Waals surface area contributed by atoms with E-state index in [1.54, 1.807) is 4.90 Å². The van der Waals surface area contributed by atoms with E-state index in [-0.39, 0.29) is 11.8 Å². The monoisotopic (exact) mass is 341 g/mol. The summed E-state index contributed by atoms with van der Waals surface area (Å²) in [6.45, 7) is 2.96. The van der Waals surface area contributed by atoms with Gasteiger partial charge in [0.1, 0.15) is 0 Å². The second-order valence-electron chi connectivity index (χ2n) is 5.69. The molecule has 0 aliphatic rings. The number of benzene rings is 2. The van der Waals surface area contributed by atoms with E-state index in [1.807, 2.05) is 31.3 Å². The molecule has 2 amide bonds.